The molecule has 0 aliphatic carbocycles. The molecule has 6 nitrogen and oxygen atoms in total. The molecule has 0 radical (unpaired) electrons. The number of carboxylic acid groups (broad SMARTS) is 1. The third kappa shape index (κ3) is 3.28. The predicted molar refractivity (Wildman–Crippen MR) is 59.9 cm³/mol. The molecule has 0 aliphatic rings. The summed E-state index contributed by atoms with van der Waals surface area (Å²) < 4.78 is 24.8. The second kappa shape index (κ2) is 5.29. The predicted octanol–water partition coefficient (Wildman–Crippen LogP) is 2.16. The van der Waals surface area contributed by atoms with Crippen LogP contribution in [0.25, 0.3) is 0 Å². The van der Waals surface area contributed by atoms with Crippen LogP contribution in [0.5, 0.6) is 0 Å². The fourth-order valence-corrected chi connectivity index (χ4v) is 1.82. The molecule has 0 aromatic carbocycles. The molecule has 9 heteroatoms. The van der Waals surface area contributed by atoms with Gasteiger partial charge in [-0.3, -0.25) is 14.9 Å². The number of halogens is 3. The van der Waals surface area contributed by atoms with Crippen molar-refractivity contribution in [3.63, 3.8) is 0 Å². The first-order valence-electron chi connectivity index (χ1n) is 4.16. The molecule has 0 saturated carbocycles. The number of alkyl halides is 2. The van der Waals surface area contributed by atoms with Gasteiger partial charge in [-0.15, -0.1) is 0 Å². The highest BCUT2D eigenvalue weighted by atomic mass is 127. The van der Waals surface area contributed by atoms with Gasteiger partial charge in [0.25, 0.3) is 12.1 Å². The maximum Gasteiger partial charge on any atom is 0.309 e. The monoisotopic (exact) mass is 358 g/mol. The molecular weight excluding hydrogens is 353 g/mol. The minimum atomic E-state index is -2.99. The van der Waals surface area contributed by atoms with Gasteiger partial charge in [0.05, 0.1) is 17.0 Å². The second-order valence-electron chi connectivity index (χ2n) is 2.96. The van der Waals surface area contributed by atoms with Crippen LogP contribution in [0.1, 0.15) is 17.8 Å². The molecule has 0 fully saturated rings. The van der Waals surface area contributed by atoms with E-state index in [1.165, 1.54) is 22.6 Å². The molecule has 0 aliphatic heterocycles. The van der Waals surface area contributed by atoms with Gasteiger partial charge in [0, 0.05) is 6.07 Å². The first kappa shape index (κ1) is 13.7. The van der Waals surface area contributed by atoms with E-state index in [1.807, 2.05) is 0 Å². The topological polar surface area (TPSA) is 93.3 Å². The van der Waals surface area contributed by atoms with Gasteiger partial charge in [-0.25, -0.2) is 13.8 Å². The van der Waals surface area contributed by atoms with E-state index < -0.39 is 35.1 Å². The minimum absolute atomic E-state index is 0.264. The number of carbonyl (C=O) groups is 1. The largest absolute Gasteiger partial charge is 0.481 e. The van der Waals surface area contributed by atoms with Crippen LogP contribution < -0.4 is 0 Å². The van der Waals surface area contributed by atoms with Crippen LogP contribution in [0.15, 0.2) is 6.07 Å². The van der Waals surface area contributed by atoms with E-state index in [9.17, 15) is 23.7 Å². The Morgan fingerprint density at radius 1 is 1.65 bits per heavy atom. The maximum absolute atomic E-state index is 12.6. The smallest absolute Gasteiger partial charge is 0.309 e. The van der Waals surface area contributed by atoms with Gasteiger partial charge in [-0.1, -0.05) is 0 Å². The van der Waals surface area contributed by atoms with E-state index in [4.69, 9.17) is 5.11 Å². The molecule has 1 heterocycles. The molecule has 1 aromatic heterocycles. The summed E-state index contributed by atoms with van der Waals surface area (Å²) in [7, 11) is 0. The van der Waals surface area contributed by atoms with Crippen LogP contribution in [-0.2, 0) is 11.2 Å². The van der Waals surface area contributed by atoms with Gasteiger partial charge in [0.2, 0.25) is 0 Å². The third-order valence-electron chi connectivity index (χ3n) is 1.75. The van der Waals surface area contributed by atoms with Crippen molar-refractivity contribution in [2.24, 2.45) is 0 Å². The first-order valence-corrected chi connectivity index (χ1v) is 5.24. The van der Waals surface area contributed by atoms with Gasteiger partial charge in [-0.05, 0) is 22.6 Å². The lowest BCUT2D eigenvalue weighted by Gasteiger charge is -2.05. The third-order valence-corrected chi connectivity index (χ3v) is 2.86. The molecular formula is C8H5F2IN2O4. The average Bonchev–Trinajstić information content (AvgIpc) is 2.18. The highest BCUT2D eigenvalue weighted by Gasteiger charge is 2.24. The summed E-state index contributed by atoms with van der Waals surface area (Å²) in [6.45, 7) is 0. The van der Waals surface area contributed by atoms with Gasteiger partial charge in [-0.2, -0.15) is 0 Å². The molecule has 1 aromatic rings. The highest BCUT2D eigenvalue weighted by molar-refractivity contribution is 14.1. The Balaban J connectivity index is 3.36. The number of hydrogen-bond acceptors (Lipinski definition) is 4. The highest BCUT2D eigenvalue weighted by Crippen LogP contribution is 2.30. The van der Waals surface area contributed by atoms with Gasteiger partial charge >= 0.3 is 5.97 Å². The summed E-state index contributed by atoms with van der Waals surface area (Å²) in [5.41, 5.74) is -1.59. The van der Waals surface area contributed by atoms with Crippen molar-refractivity contribution in [2.75, 3.05) is 0 Å². The van der Waals surface area contributed by atoms with Crippen LogP contribution in [0.4, 0.5) is 14.5 Å². The molecule has 0 spiro atoms. The number of aromatic nitrogens is 1. The number of carboxylic acids is 1. The van der Waals surface area contributed by atoms with Gasteiger partial charge in [0.1, 0.15) is 9.26 Å². The Bertz CT molecular complexity index is 481. The number of hydrogen-bond donors (Lipinski definition) is 1. The molecule has 0 bridgehead atoms. The lowest BCUT2D eigenvalue weighted by Crippen LogP contribution is -2.08. The molecule has 17 heavy (non-hydrogen) atoms. The van der Waals surface area contributed by atoms with E-state index in [1.54, 1.807) is 0 Å². The Hall–Kier alpha value is -1.39. The zero-order valence-corrected chi connectivity index (χ0v) is 10.2. The number of nitro groups is 1. The number of rotatable bonds is 4. The van der Waals surface area contributed by atoms with E-state index in [0.717, 1.165) is 6.07 Å². The van der Waals surface area contributed by atoms with Crippen molar-refractivity contribution in [3.8, 4) is 0 Å². The summed E-state index contributed by atoms with van der Waals surface area (Å²) in [4.78, 5) is 23.6. The fraction of sp³-hybridized carbons (Fsp3) is 0.250. The Labute approximate surface area is 107 Å². The van der Waals surface area contributed by atoms with Crippen LogP contribution >= 0.6 is 22.6 Å². The molecule has 0 saturated heterocycles. The molecule has 92 valence electrons. The summed E-state index contributed by atoms with van der Waals surface area (Å²) in [6, 6.07) is 0.891. The van der Waals surface area contributed by atoms with Crippen molar-refractivity contribution >= 4 is 34.2 Å². The van der Waals surface area contributed by atoms with E-state index in [0.29, 0.717) is 0 Å². The first-order chi connectivity index (χ1) is 7.82. The summed E-state index contributed by atoms with van der Waals surface area (Å²) in [5, 5.41) is 19.1. The van der Waals surface area contributed by atoms with E-state index in [2.05, 4.69) is 4.98 Å². The van der Waals surface area contributed by atoms with Crippen LogP contribution in [0, 0.1) is 13.7 Å². The summed E-state index contributed by atoms with van der Waals surface area (Å²) >= 11 is 1.39. The molecule has 0 amide bonds. The fourth-order valence-electron chi connectivity index (χ4n) is 1.11. The lowest BCUT2D eigenvalue weighted by molar-refractivity contribution is -0.386. The lowest BCUT2D eigenvalue weighted by atomic mass is 10.2. The van der Waals surface area contributed by atoms with Crippen LogP contribution in [0.2, 0.25) is 0 Å². The van der Waals surface area contributed by atoms with Crippen LogP contribution in [0.3, 0.4) is 0 Å². The molecule has 0 atom stereocenters. The Kier molecular flexibility index (Phi) is 4.26. The van der Waals surface area contributed by atoms with Crippen LogP contribution in [-0.4, -0.2) is 21.0 Å². The van der Waals surface area contributed by atoms with Crippen molar-refractivity contribution in [1.82, 2.24) is 4.98 Å². The van der Waals surface area contributed by atoms with E-state index in [-0.39, 0.29) is 9.26 Å². The maximum atomic E-state index is 12.6. The normalized spacial score (nSPS) is 10.6. The molecule has 1 rings (SSSR count). The standard InChI is InChI=1S/C8H5F2IN2O4/c9-8(10)7-6(11)4(13(16)17)1-3(12-7)2-5(14)15/h1,8H,2H2,(H,14,15). The quantitative estimate of drug-likeness (QED) is 0.506. The Morgan fingerprint density at radius 3 is 2.65 bits per heavy atom. The molecule has 0 unspecified atom stereocenters. The number of nitrogens with zero attached hydrogens (tertiary/aromatic N) is 2. The average molecular weight is 358 g/mol. The minimum Gasteiger partial charge on any atom is -0.481 e. The summed E-state index contributed by atoms with van der Waals surface area (Å²) in [5.74, 6) is -1.30. The summed E-state index contributed by atoms with van der Waals surface area (Å²) in [6.07, 6.45) is -3.63. The van der Waals surface area contributed by atoms with Crippen molar-refractivity contribution < 1.29 is 23.6 Å². The van der Waals surface area contributed by atoms with Crippen molar-refractivity contribution in [2.45, 2.75) is 12.8 Å². The SMILES string of the molecule is O=C(O)Cc1cc([N+](=O)[O-])c(I)c(C(F)F)n1. The zero-order chi connectivity index (χ0) is 13.2. The number of pyridine rings is 1. The Morgan fingerprint density at radius 2 is 2.24 bits per heavy atom. The number of aliphatic carboxylic acids is 1. The van der Waals surface area contributed by atoms with Gasteiger partial charge < -0.3 is 5.11 Å². The second-order valence-corrected chi connectivity index (χ2v) is 4.04. The molecule has 1 N–H and O–H groups in total. The van der Waals surface area contributed by atoms with Crippen molar-refractivity contribution in [3.05, 3.63) is 31.1 Å². The zero-order valence-electron chi connectivity index (χ0n) is 8.06. The van der Waals surface area contributed by atoms with Crippen molar-refractivity contribution in [1.29, 1.82) is 0 Å². The van der Waals surface area contributed by atoms with E-state index >= 15 is 0 Å². The van der Waals surface area contributed by atoms with Gasteiger partial charge in [0.15, 0.2) is 0 Å².